The fourth-order valence-electron chi connectivity index (χ4n) is 4.09. The molecular weight excluding hydrogens is 610 g/mol. The summed E-state index contributed by atoms with van der Waals surface area (Å²) < 4.78 is 40.5. The summed E-state index contributed by atoms with van der Waals surface area (Å²) in [7, 11) is -1.37. The number of anilines is 1. The molecule has 3 aromatic rings. The average Bonchev–Trinajstić information content (AvgIpc) is 2.96. The van der Waals surface area contributed by atoms with Crippen LogP contribution < -0.4 is 19.1 Å². The van der Waals surface area contributed by atoms with Crippen LogP contribution in [0.2, 0.25) is 0 Å². The van der Waals surface area contributed by atoms with Crippen molar-refractivity contribution in [2.24, 2.45) is 5.92 Å². The van der Waals surface area contributed by atoms with Gasteiger partial charge in [-0.1, -0.05) is 60.1 Å². The molecule has 0 radical (unpaired) electrons. The predicted octanol–water partition coefficient (Wildman–Crippen LogP) is 4.85. The van der Waals surface area contributed by atoms with Crippen LogP contribution in [0.1, 0.15) is 26.3 Å². The number of ether oxygens (including phenoxy) is 2. The second-order valence-electron chi connectivity index (χ2n) is 9.83. The van der Waals surface area contributed by atoms with Gasteiger partial charge in [0.2, 0.25) is 11.8 Å². The molecule has 0 saturated carbocycles. The number of nitrogens with zero attached hydrogens (tertiary/aromatic N) is 2. The number of rotatable bonds is 13. The number of benzene rings is 3. The molecule has 0 bridgehead atoms. The van der Waals surface area contributed by atoms with Crippen LogP contribution in [0.15, 0.2) is 82.2 Å². The lowest BCUT2D eigenvalue weighted by molar-refractivity contribution is -0.139. The van der Waals surface area contributed by atoms with Gasteiger partial charge in [0.1, 0.15) is 12.6 Å². The topological polar surface area (TPSA) is 105 Å². The van der Waals surface area contributed by atoms with Crippen LogP contribution in [0.3, 0.4) is 0 Å². The average molecular weight is 647 g/mol. The van der Waals surface area contributed by atoms with E-state index in [0.717, 1.165) is 14.3 Å². The maximum atomic E-state index is 14.0. The maximum absolute atomic E-state index is 14.0. The summed E-state index contributed by atoms with van der Waals surface area (Å²) in [6.07, 6.45) is 0. The summed E-state index contributed by atoms with van der Waals surface area (Å²) in [6.45, 7) is 5.62. The van der Waals surface area contributed by atoms with Crippen LogP contribution in [0.5, 0.6) is 11.5 Å². The molecule has 3 rings (SSSR count). The van der Waals surface area contributed by atoms with Gasteiger partial charge in [-0.15, -0.1) is 0 Å². The van der Waals surface area contributed by atoms with Crippen LogP contribution in [-0.2, 0) is 26.2 Å². The molecule has 0 aromatic heterocycles. The molecule has 1 atom stereocenters. The van der Waals surface area contributed by atoms with Crippen molar-refractivity contribution in [3.8, 4) is 11.5 Å². The van der Waals surface area contributed by atoms with Crippen molar-refractivity contribution in [3.63, 3.8) is 0 Å². The molecule has 3 aromatic carbocycles. The lowest BCUT2D eigenvalue weighted by atomic mass is 10.1. The molecule has 0 saturated heterocycles. The Hall–Kier alpha value is -3.57. The Kier molecular flexibility index (Phi) is 11.2. The first-order chi connectivity index (χ1) is 19.5. The van der Waals surface area contributed by atoms with E-state index in [2.05, 4.69) is 21.2 Å². The molecule has 220 valence electrons. The maximum Gasteiger partial charge on any atom is 0.264 e. The zero-order valence-corrected chi connectivity index (χ0v) is 26.2. The van der Waals surface area contributed by atoms with E-state index in [1.807, 2.05) is 38.1 Å². The van der Waals surface area contributed by atoms with Crippen LogP contribution >= 0.6 is 15.9 Å². The molecule has 9 nitrogen and oxygen atoms in total. The van der Waals surface area contributed by atoms with Crippen molar-refractivity contribution in [3.05, 3.63) is 82.8 Å². The molecule has 0 spiro atoms. The summed E-state index contributed by atoms with van der Waals surface area (Å²) in [6, 6.07) is 19.2. The molecule has 0 heterocycles. The molecule has 41 heavy (non-hydrogen) atoms. The smallest absolute Gasteiger partial charge is 0.264 e. The Labute approximate surface area is 250 Å². The number of nitrogens with one attached hydrogen (secondary N) is 1. The van der Waals surface area contributed by atoms with Crippen molar-refractivity contribution in [1.82, 2.24) is 10.2 Å². The summed E-state index contributed by atoms with van der Waals surface area (Å²) in [5.74, 6) is -0.0309. The van der Waals surface area contributed by atoms with Crippen LogP contribution in [0.4, 0.5) is 5.69 Å². The highest BCUT2D eigenvalue weighted by Gasteiger charge is 2.33. The van der Waals surface area contributed by atoms with Crippen molar-refractivity contribution in [2.45, 2.75) is 38.3 Å². The first-order valence-corrected chi connectivity index (χ1v) is 15.3. The minimum absolute atomic E-state index is 0.0759. The largest absolute Gasteiger partial charge is 0.493 e. The minimum Gasteiger partial charge on any atom is -0.493 e. The number of sulfonamides is 1. The first-order valence-electron chi connectivity index (χ1n) is 13.1. The van der Waals surface area contributed by atoms with Gasteiger partial charge in [0, 0.05) is 23.6 Å². The third kappa shape index (κ3) is 8.23. The van der Waals surface area contributed by atoms with Gasteiger partial charge >= 0.3 is 0 Å². The SMILES string of the molecule is COc1ccc(S(=O)(=O)N(CC(=O)N(Cc2cccc(Br)c2)[C@@H](C)C(=O)NCC(C)C)c2ccccc2)cc1OC. The van der Waals surface area contributed by atoms with Crippen molar-refractivity contribution in [1.29, 1.82) is 0 Å². The zero-order chi connectivity index (χ0) is 30.2. The number of hydrogen-bond acceptors (Lipinski definition) is 6. The Bertz CT molecular complexity index is 1450. The van der Waals surface area contributed by atoms with Crippen molar-refractivity contribution < 1.29 is 27.5 Å². The lowest BCUT2D eigenvalue weighted by Gasteiger charge is -2.32. The second kappa shape index (κ2) is 14.4. The van der Waals surface area contributed by atoms with Crippen molar-refractivity contribution in [2.75, 3.05) is 31.6 Å². The monoisotopic (exact) mass is 645 g/mol. The van der Waals surface area contributed by atoms with E-state index in [1.165, 1.54) is 37.3 Å². The Balaban J connectivity index is 2.03. The van der Waals surface area contributed by atoms with Gasteiger partial charge in [0.15, 0.2) is 11.5 Å². The normalized spacial score (nSPS) is 12.0. The third-order valence-corrected chi connectivity index (χ3v) is 8.62. The highest BCUT2D eigenvalue weighted by atomic mass is 79.9. The number of halogens is 1. The van der Waals surface area contributed by atoms with Crippen LogP contribution in [-0.4, -0.2) is 58.5 Å². The molecule has 0 aliphatic rings. The molecule has 0 aliphatic carbocycles. The first kappa shape index (κ1) is 32.0. The third-order valence-electron chi connectivity index (χ3n) is 6.36. The molecule has 0 unspecified atom stereocenters. The highest BCUT2D eigenvalue weighted by molar-refractivity contribution is 9.10. The van der Waals surface area contributed by atoms with E-state index in [4.69, 9.17) is 9.47 Å². The number of hydrogen-bond donors (Lipinski definition) is 1. The fourth-order valence-corrected chi connectivity index (χ4v) is 5.97. The van der Waals surface area contributed by atoms with Crippen LogP contribution in [0, 0.1) is 5.92 Å². The molecule has 0 aliphatic heterocycles. The quantitative estimate of drug-likeness (QED) is 0.285. The standard InChI is InChI=1S/C30H36BrN3O6S/c1-21(2)18-32-30(36)22(3)33(19-23-10-9-11-24(31)16-23)29(35)20-34(25-12-7-6-8-13-25)41(37,38)26-14-15-27(39-4)28(17-26)40-5/h6-17,21-22H,18-20H2,1-5H3,(H,32,36)/t22-/m0/s1. The lowest BCUT2D eigenvalue weighted by Crippen LogP contribution is -2.51. The Morgan fingerprint density at radius 2 is 1.59 bits per heavy atom. The number of amides is 2. The van der Waals surface area contributed by atoms with E-state index in [-0.39, 0.29) is 29.0 Å². The molecule has 1 N–H and O–H groups in total. The van der Waals surface area contributed by atoms with E-state index in [1.54, 1.807) is 37.3 Å². The summed E-state index contributed by atoms with van der Waals surface area (Å²) in [4.78, 5) is 28.4. The van der Waals surface area contributed by atoms with Crippen molar-refractivity contribution >= 4 is 43.5 Å². The number of carbonyl (C=O) groups is 2. The summed E-state index contributed by atoms with van der Waals surface area (Å²) in [5.41, 5.74) is 1.08. The molecule has 11 heteroatoms. The van der Waals surface area contributed by atoms with E-state index < -0.39 is 28.5 Å². The summed E-state index contributed by atoms with van der Waals surface area (Å²) >= 11 is 3.45. The Morgan fingerprint density at radius 3 is 2.20 bits per heavy atom. The van der Waals surface area contributed by atoms with Gasteiger partial charge < -0.3 is 19.7 Å². The zero-order valence-electron chi connectivity index (χ0n) is 23.8. The van der Waals surface area contributed by atoms with Gasteiger partial charge in [-0.05, 0) is 54.8 Å². The Morgan fingerprint density at radius 1 is 0.902 bits per heavy atom. The van der Waals surface area contributed by atoms with Gasteiger partial charge in [0.25, 0.3) is 10.0 Å². The van der Waals surface area contributed by atoms with E-state index in [9.17, 15) is 18.0 Å². The second-order valence-corrected chi connectivity index (χ2v) is 12.6. The predicted molar refractivity (Wildman–Crippen MR) is 163 cm³/mol. The van der Waals surface area contributed by atoms with E-state index >= 15 is 0 Å². The number of carbonyl (C=O) groups excluding carboxylic acids is 2. The highest BCUT2D eigenvalue weighted by Crippen LogP contribution is 2.32. The molecular formula is C30H36BrN3O6S. The van der Waals surface area contributed by atoms with Crippen LogP contribution in [0.25, 0.3) is 0 Å². The van der Waals surface area contributed by atoms with E-state index in [0.29, 0.717) is 18.0 Å². The molecule has 2 amide bonds. The summed E-state index contributed by atoms with van der Waals surface area (Å²) in [5, 5.41) is 2.88. The minimum atomic E-state index is -4.25. The molecule has 0 fully saturated rings. The van der Waals surface area contributed by atoms with Gasteiger partial charge in [-0.2, -0.15) is 0 Å². The van der Waals surface area contributed by atoms with Gasteiger partial charge in [0.05, 0.1) is 24.8 Å². The fraction of sp³-hybridized carbons (Fsp3) is 0.333. The number of methoxy groups -OCH3 is 2. The van der Waals surface area contributed by atoms with Gasteiger partial charge in [-0.25, -0.2) is 8.42 Å². The van der Waals surface area contributed by atoms with Gasteiger partial charge in [-0.3, -0.25) is 13.9 Å². The number of para-hydroxylation sites is 1.